The van der Waals surface area contributed by atoms with Gasteiger partial charge in [0.1, 0.15) is 11.5 Å². The van der Waals surface area contributed by atoms with Gasteiger partial charge < -0.3 is 15.2 Å². The van der Waals surface area contributed by atoms with Crippen LogP contribution >= 0.6 is 0 Å². The minimum Gasteiger partial charge on any atom is -0.494 e. The summed E-state index contributed by atoms with van der Waals surface area (Å²) in [5.41, 5.74) is 11.9. The van der Waals surface area contributed by atoms with E-state index in [1.165, 1.54) is 16.7 Å². The highest BCUT2D eigenvalue weighted by Gasteiger charge is 2.58. The largest absolute Gasteiger partial charge is 0.494 e. The second-order valence-electron chi connectivity index (χ2n) is 10.5. The third kappa shape index (κ3) is 4.77. The molecule has 1 aromatic rings. The Morgan fingerprint density at radius 2 is 2.03 bits per heavy atom. The third-order valence-electron chi connectivity index (χ3n) is 8.81. The van der Waals surface area contributed by atoms with Crippen molar-refractivity contribution in [2.45, 2.75) is 97.1 Å². The predicted octanol–water partition coefficient (Wildman–Crippen LogP) is 6.74. The normalized spacial score (nSPS) is 30.1. The molecule has 0 aliphatic heterocycles. The van der Waals surface area contributed by atoms with Crippen LogP contribution in [0.5, 0.6) is 5.75 Å². The summed E-state index contributed by atoms with van der Waals surface area (Å²) in [6.07, 6.45) is 5.64. The van der Waals surface area contributed by atoms with E-state index in [-0.39, 0.29) is 23.4 Å². The number of hydrogen-bond donors (Lipinski definition) is 1. The smallest absolute Gasteiger partial charge is 0.132 e. The number of rotatable bonds is 10. The number of hydrogen-bond acceptors (Lipinski definition) is 4. The maximum atomic E-state index is 12.3. The summed E-state index contributed by atoms with van der Waals surface area (Å²) in [7, 11) is 1.81. The maximum Gasteiger partial charge on any atom is 0.132 e. The number of ketones is 1. The fraction of sp³-hybridized carbons (Fsp3) is 0.633. The zero-order valence-electron chi connectivity index (χ0n) is 22.2. The van der Waals surface area contributed by atoms with Crippen LogP contribution in [0.4, 0.5) is 0 Å². The Kier molecular flexibility index (Phi) is 8.47. The van der Waals surface area contributed by atoms with Crippen LogP contribution in [-0.4, -0.2) is 31.1 Å². The molecule has 0 amide bonds. The summed E-state index contributed by atoms with van der Waals surface area (Å²) < 4.78 is 11.8. The van der Waals surface area contributed by atoms with Gasteiger partial charge in [0.15, 0.2) is 0 Å². The number of methoxy groups -OCH3 is 1. The Balaban J connectivity index is 2.25. The van der Waals surface area contributed by atoms with Crippen molar-refractivity contribution < 1.29 is 14.3 Å². The number of nitrogens with two attached hydrogens (primary N) is 1. The first-order valence-electron chi connectivity index (χ1n) is 13.1. The van der Waals surface area contributed by atoms with Crippen LogP contribution in [0.15, 0.2) is 47.6 Å². The number of allylic oxidation sites excluding steroid dienone is 2. The van der Waals surface area contributed by atoms with Crippen LogP contribution in [0.3, 0.4) is 0 Å². The van der Waals surface area contributed by atoms with Crippen LogP contribution in [0.25, 0.3) is 0 Å². The molecular formula is C30H45NO3. The van der Waals surface area contributed by atoms with E-state index in [4.69, 9.17) is 15.2 Å². The molecule has 0 heterocycles. The fourth-order valence-electron chi connectivity index (χ4n) is 6.86. The zero-order chi connectivity index (χ0) is 25.1. The monoisotopic (exact) mass is 467 g/mol. The summed E-state index contributed by atoms with van der Waals surface area (Å²) >= 11 is 0. The van der Waals surface area contributed by atoms with Gasteiger partial charge >= 0.3 is 0 Å². The highest BCUT2D eigenvalue weighted by Crippen LogP contribution is 2.61. The van der Waals surface area contributed by atoms with Gasteiger partial charge in [-0.1, -0.05) is 51.5 Å². The second-order valence-corrected chi connectivity index (χ2v) is 10.5. The molecule has 188 valence electrons. The van der Waals surface area contributed by atoms with Gasteiger partial charge in [0.25, 0.3) is 0 Å². The maximum absolute atomic E-state index is 12.3. The van der Waals surface area contributed by atoms with Crippen LogP contribution < -0.4 is 10.5 Å². The molecule has 34 heavy (non-hydrogen) atoms. The molecule has 0 aromatic heterocycles. The molecule has 4 nitrogen and oxygen atoms in total. The molecule has 2 aliphatic rings. The molecule has 2 aliphatic carbocycles. The van der Waals surface area contributed by atoms with Crippen LogP contribution in [0, 0.1) is 11.3 Å². The van der Waals surface area contributed by atoms with E-state index in [9.17, 15) is 4.79 Å². The Hall–Kier alpha value is -1.91. The molecule has 3 rings (SSSR count). The lowest BCUT2D eigenvalue weighted by molar-refractivity contribution is -0.118. The van der Waals surface area contributed by atoms with Crippen molar-refractivity contribution in [3.63, 3.8) is 0 Å². The summed E-state index contributed by atoms with van der Waals surface area (Å²) in [6.45, 7) is 15.9. The molecular weight excluding hydrogens is 422 g/mol. The SMILES string of the molecule is C=C1CC[C@]2(N)C(=C1CCC(=O)CC)[C@@H](c1cccc(OCC)c1)C[C@](C)([C@H](C)OC)C2CC. The number of ether oxygens (including phenoxy) is 2. The second kappa shape index (κ2) is 10.8. The molecule has 0 radical (unpaired) electrons. The Morgan fingerprint density at radius 3 is 2.65 bits per heavy atom. The Morgan fingerprint density at radius 1 is 1.29 bits per heavy atom. The summed E-state index contributed by atoms with van der Waals surface area (Å²) in [5, 5.41) is 0. The highest BCUT2D eigenvalue weighted by molar-refractivity contribution is 5.78. The van der Waals surface area contributed by atoms with Crippen molar-refractivity contribution in [3.8, 4) is 5.75 Å². The zero-order valence-corrected chi connectivity index (χ0v) is 22.2. The van der Waals surface area contributed by atoms with Gasteiger partial charge in [-0.2, -0.15) is 0 Å². The first kappa shape index (κ1) is 26.7. The lowest BCUT2D eigenvalue weighted by Crippen LogP contribution is -2.63. The summed E-state index contributed by atoms with van der Waals surface area (Å²) in [5.74, 6) is 1.60. The Bertz CT molecular complexity index is 935. The lowest BCUT2D eigenvalue weighted by atomic mass is 9.48. The van der Waals surface area contributed by atoms with Crippen LogP contribution in [0.2, 0.25) is 0 Å². The van der Waals surface area contributed by atoms with Crippen LogP contribution in [-0.2, 0) is 9.53 Å². The van der Waals surface area contributed by atoms with Gasteiger partial charge in [0.05, 0.1) is 12.7 Å². The van der Waals surface area contributed by atoms with Crippen LogP contribution in [0.1, 0.15) is 91.0 Å². The molecule has 0 bridgehead atoms. The first-order chi connectivity index (χ1) is 16.2. The fourth-order valence-corrected chi connectivity index (χ4v) is 6.86. The van der Waals surface area contributed by atoms with E-state index in [0.29, 0.717) is 25.2 Å². The minimum atomic E-state index is -0.452. The van der Waals surface area contributed by atoms with Crippen molar-refractivity contribution >= 4 is 5.78 Å². The standard InChI is InChI=1S/C30H45NO3/c1-8-23(32)14-15-25-20(4)16-17-30(31)27(9-2)29(6,21(5)33-7)19-26(28(25)30)22-12-11-13-24(18-22)34-10-3/h11-13,18,21,26-27H,4,8-10,14-17,19,31H2,1-3,5-7H3/t21-,26+,27?,29+,30+/m0/s1. The van der Waals surface area contributed by atoms with Gasteiger partial charge in [0.2, 0.25) is 0 Å². The predicted molar refractivity (Wildman–Crippen MR) is 140 cm³/mol. The number of fused-ring (bicyclic) bond motifs is 1. The van der Waals surface area contributed by atoms with E-state index in [1.807, 2.05) is 27.0 Å². The molecule has 1 saturated carbocycles. The summed E-state index contributed by atoms with van der Waals surface area (Å²) in [6, 6.07) is 8.49. The van der Waals surface area contributed by atoms with Gasteiger partial charge in [-0.25, -0.2) is 0 Å². The third-order valence-corrected chi connectivity index (χ3v) is 8.81. The van der Waals surface area contributed by atoms with Crippen molar-refractivity contribution in [3.05, 3.63) is 53.1 Å². The van der Waals surface area contributed by atoms with E-state index in [0.717, 1.165) is 43.4 Å². The lowest BCUT2D eigenvalue weighted by Gasteiger charge is -2.60. The molecule has 1 fully saturated rings. The van der Waals surface area contributed by atoms with Crippen molar-refractivity contribution in [2.24, 2.45) is 17.1 Å². The molecule has 2 N–H and O–H groups in total. The quantitative estimate of drug-likeness (QED) is 0.414. The van der Waals surface area contributed by atoms with Crippen molar-refractivity contribution in [1.82, 2.24) is 0 Å². The molecule has 1 unspecified atom stereocenters. The molecule has 4 heteroatoms. The van der Waals surface area contributed by atoms with Crippen molar-refractivity contribution in [2.75, 3.05) is 13.7 Å². The number of Topliss-reactive ketones (excluding diaryl/α,β-unsaturated/α-hetero) is 1. The van der Waals surface area contributed by atoms with Gasteiger partial charge in [-0.05, 0) is 79.7 Å². The molecule has 0 spiro atoms. The van der Waals surface area contributed by atoms with E-state index in [2.05, 4.69) is 45.5 Å². The number of carbonyl (C=O) groups excluding carboxylic acids is 1. The average molecular weight is 468 g/mol. The first-order valence-corrected chi connectivity index (χ1v) is 13.1. The Labute approximate surface area is 207 Å². The van der Waals surface area contributed by atoms with Gasteiger partial charge in [-0.3, -0.25) is 4.79 Å². The van der Waals surface area contributed by atoms with Gasteiger partial charge in [0, 0.05) is 31.4 Å². The van der Waals surface area contributed by atoms with Crippen molar-refractivity contribution in [1.29, 1.82) is 0 Å². The topological polar surface area (TPSA) is 61.6 Å². The number of benzene rings is 1. The molecule has 5 atom stereocenters. The van der Waals surface area contributed by atoms with E-state index < -0.39 is 5.54 Å². The number of carbonyl (C=O) groups is 1. The summed E-state index contributed by atoms with van der Waals surface area (Å²) in [4.78, 5) is 12.3. The molecule has 0 saturated heterocycles. The highest BCUT2D eigenvalue weighted by atomic mass is 16.5. The van der Waals surface area contributed by atoms with E-state index in [1.54, 1.807) is 0 Å². The molecule has 1 aromatic carbocycles. The van der Waals surface area contributed by atoms with Gasteiger partial charge in [-0.15, -0.1) is 0 Å². The minimum absolute atomic E-state index is 0.0762. The average Bonchev–Trinajstić information content (AvgIpc) is 2.83. The van der Waals surface area contributed by atoms with E-state index >= 15 is 0 Å².